The molecule has 0 bridgehead atoms. The molecule has 0 saturated carbocycles. The van der Waals surface area contributed by atoms with Crippen LogP contribution in [0.15, 0.2) is 36.4 Å². The molecule has 0 unspecified atom stereocenters. The number of aldehydes is 1. The minimum atomic E-state index is -1.85. The Morgan fingerprint density at radius 1 is 1.20 bits per heavy atom. The average Bonchev–Trinajstić information content (AvgIpc) is 2.36. The summed E-state index contributed by atoms with van der Waals surface area (Å²) in [6.45, 7) is 11.0. The van der Waals surface area contributed by atoms with Crippen molar-refractivity contribution in [3.05, 3.63) is 42.0 Å². The first-order valence-electron chi connectivity index (χ1n) is 7.11. The SMILES string of the molecule is CC(C)(C)[Si](C)(C)O[C@@H](/C=C/c1ccccc1)CC=O. The van der Waals surface area contributed by atoms with E-state index in [1.807, 2.05) is 42.5 Å². The van der Waals surface area contributed by atoms with Crippen LogP contribution in [-0.2, 0) is 9.22 Å². The number of carbonyl (C=O) groups excluding carboxylic acids is 1. The lowest BCUT2D eigenvalue weighted by Gasteiger charge is -2.38. The van der Waals surface area contributed by atoms with Gasteiger partial charge >= 0.3 is 0 Å². The summed E-state index contributed by atoms with van der Waals surface area (Å²) in [5.41, 5.74) is 1.13. The second kappa shape index (κ2) is 7.00. The molecule has 0 fully saturated rings. The van der Waals surface area contributed by atoms with Crippen LogP contribution in [0.4, 0.5) is 0 Å². The van der Waals surface area contributed by atoms with Crippen LogP contribution in [0.5, 0.6) is 0 Å². The lowest BCUT2D eigenvalue weighted by atomic mass is 10.1. The second-order valence-corrected chi connectivity index (χ2v) is 11.3. The van der Waals surface area contributed by atoms with E-state index in [4.69, 9.17) is 4.43 Å². The number of rotatable bonds is 6. The highest BCUT2D eigenvalue weighted by molar-refractivity contribution is 6.74. The molecule has 1 atom stereocenters. The summed E-state index contributed by atoms with van der Waals surface area (Å²) in [5, 5.41) is 0.148. The van der Waals surface area contributed by atoms with Crippen LogP contribution in [0.3, 0.4) is 0 Å². The molecule has 0 amide bonds. The van der Waals surface area contributed by atoms with Crippen molar-refractivity contribution in [1.29, 1.82) is 0 Å². The first kappa shape index (κ1) is 16.9. The largest absolute Gasteiger partial charge is 0.410 e. The van der Waals surface area contributed by atoms with Crippen molar-refractivity contribution in [2.24, 2.45) is 0 Å². The highest BCUT2D eigenvalue weighted by Crippen LogP contribution is 2.37. The lowest BCUT2D eigenvalue weighted by Crippen LogP contribution is -2.43. The van der Waals surface area contributed by atoms with Gasteiger partial charge in [-0.3, -0.25) is 0 Å². The number of hydrogen-bond acceptors (Lipinski definition) is 2. The summed E-state index contributed by atoms with van der Waals surface area (Å²) in [6.07, 6.45) is 5.25. The maximum atomic E-state index is 10.9. The Morgan fingerprint density at radius 2 is 1.80 bits per heavy atom. The average molecular weight is 290 g/mol. The third kappa shape index (κ3) is 5.06. The van der Waals surface area contributed by atoms with Gasteiger partial charge in [-0.1, -0.05) is 63.3 Å². The molecule has 0 radical (unpaired) electrons. The van der Waals surface area contributed by atoms with E-state index in [-0.39, 0.29) is 11.1 Å². The molecule has 1 aromatic rings. The molecule has 20 heavy (non-hydrogen) atoms. The van der Waals surface area contributed by atoms with Gasteiger partial charge in [-0.05, 0) is 23.7 Å². The minimum absolute atomic E-state index is 0.131. The number of hydrogen-bond donors (Lipinski definition) is 0. The van der Waals surface area contributed by atoms with Gasteiger partial charge in [0.1, 0.15) is 6.29 Å². The fourth-order valence-corrected chi connectivity index (χ4v) is 2.88. The molecule has 0 heterocycles. The normalized spacial score (nSPS) is 14.4. The molecule has 1 aromatic carbocycles. The van der Waals surface area contributed by atoms with Gasteiger partial charge in [0, 0.05) is 6.42 Å². The predicted octanol–water partition coefficient (Wildman–Crippen LogP) is 4.68. The Hall–Kier alpha value is -1.19. The van der Waals surface area contributed by atoms with Gasteiger partial charge in [0.05, 0.1) is 6.10 Å². The summed E-state index contributed by atoms with van der Waals surface area (Å²) >= 11 is 0. The Labute approximate surface area is 124 Å². The Balaban J connectivity index is 2.80. The number of carbonyl (C=O) groups is 1. The van der Waals surface area contributed by atoms with Crippen molar-refractivity contribution in [3.63, 3.8) is 0 Å². The van der Waals surface area contributed by atoms with Crippen LogP contribution in [0.25, 0.3) is 6.08 Å². The van der Waals surface area contributed by atoms with Crippen LogP contribution < -0.4 is 0 Å². The van der Waals surface area contributed by atoms with Crippen molar-refractivity contribution < 1.29 is 9.22 Å². The third-order valence-corrected chi connectivity index (χ3v) is 8.39. The van der Waals surface area contributed by atoms with Crippen LogP contribution >= 0.6 is 0 Å². The van der Waals surface area contributed by atoms with E-state index in [0.29, 0.717) is 6.42 Å². The standard InChI is InChI=1S/C17H26O2Si/c1-17(2,3)20(4,5)19-16(13-14-18)12-11-15-9-7-6-8-10-15/h6-12,14,16H,13H2,1-5H3/b12-11+/t16-/m0/s1. The van der Waals surface area contributed by atoms with Crippen LogP contribution in [0.1, 0.15) is 32.8 Å². The molecule has 0 aromatic heterocycles. The minimum Gasteiger partial charge on any atom is -0.410 e. The molecule has 3 heteroatoms. The maximum Gasteiger partial charge on any atom is 0.192 e. The van der Waals surface area contributed by atoms with Crippen molar-refractivity contribution in [2.75, 3.05) is 0 Å². The van der Waals surface area contributed by atoms with Crippen LogP contribution in [0.2, 0.25) is 18.1 Å². The molecule has 0 aliphatic carbocycles. The number of benzene rings is 1. The van der Waals surface area contributed by atoms with Gasteiger partial charge in [-0.15, -0.1) is 0 Å². The maximum absolute atomic E-state index is 10.9. The fourth-order valence-electron chi connectivity index (χ4n) is 1.60. The molecule has 1 rings (SSSR count). The summed E-state index contributed by atoms with van der Waals surface area (Å²) in [6, 6.07) is 10.1. The highest BCUT2D eigenvalue weighted by Gasteiger charge is 2.38. The van der Waals surface area contributed by atoms with E-state index >= 15 is 0 Å². The van der Waals surface area contributed by atoms with Gasteiger partial charge in [0.25, 0.3) is 0 Å². The van der Waals surface area contributed by atoms with Gasteiger partial charge < -0.3 is 9.22 Å². The zero-order valence-electron chi connectivity index (χ0n) is 13.2. The molecule has 0 spiro atoms. The third-order valence-electron chi connectivity index (χ3n) is 3.88. The summed E-state index contributed by atoms with van der Waals surface area (Å²) in [7, 11) is -1.85. The topological polar surface area (TPSA) is 26.3 Å². The van der Waals surface area contributed by atoms with Crippen molar-refractivity contribution in [3.8, 4) is 0 Å². The molecule has 2 nitrogen and oxygen atoms in total. The van der Waals surface area contributed by atoms with Crippen molar-refractivity contribution in [2.45, 2.75) is 51.4 Å². The van der Waals surface area contributed by atoms with Crippen LogP contribution in [0, 0.1) is 0 Å². The quantitative estimate of drug-likeness (QED) is 0.561. The molecule has 0 saturated heterocycles. The molecular weight excluding hydrogens is 264 g/mol. The smallest absolute Gasteiger partial charge is 0.192 e. The highest BCUT2D eigenvalue weighted by atomic mass is 28.4. The summed E-state index contributed by atoms with van der Waals surface area (Å²) in [5.74, 6) is 0. The van der Waals surface area contributed by atoms with Gasteiger partial charge in [0.2, 0.25) is 0 Å². The van der Waals surface area contributed by atoms with Gasteiger partial charge in [0.15, 0.2) is 8.32 Å². The van der Waals surface area contributed by atoms with Crippen molar-refractivity contribution in [1.82, 2.24) is 0 Å². The first-order valence-corrected chi connectivity index (χ1v) is 10.0. The Morgan fingerprint density at radius 3 is 2.30 bits per heavy atom. The first-order chi connectivity index (χ1) is 9.26. The van der Waals surface area contributed by atoms with E-state index in [1.54, 1.807) is 0 Å². The van der Waals surface area contributed by atoms with Gasteiger partial charge in [-0.2, -0.15) is 0 Å². The second-order valence-electron chi connectivity index (χ2n) is 6.59. The molecule has 0 N–H and O–H groups in total. The van der Waals surface area contributed by atoms with E-state index in [2.05, 4.69) is 33.9 Å². The summed E-state index contributed by atoms with van der Waals surface area (Å²) in [4.78, 5) is 10.9. The fraction of sp³-hybridized carbons (Fsp3) is 0.471. The summed E-state index contributed by atoms with van der Waals surface area (Å²) < 4.78 is 6.29. The zero-order chi connectivity index (χ0) is 15.2. The monoisotopic (exact) mass is 290 g/mol. The van der Waals surface area contributed by atoms with E-state index < -0.39 is 8.32 Å². The van der Waals surface area contributed by atoms with Crippen molar-refractivity contribution >= 4 is 20.7 Å². The lowest BCUT2D eigenvalue weighted by molar-refractivity contribution is -0.108. The Kier molecular flexibility index (Phi) is 5.90. The molecule has 0 aliphatic rings. The molecular formula is C17H26O2Si. The van der Waals surface area contributed by atoms with E-state index in [1.165, 1.54) is 0 Å². The molecule has 110 valence electrons. The molecule has 0 aliphatic heterocycles. The van der Waals surface area contributed by atoms with Gasteiger partial charge in [-0.25, -0.2) is 0 Å². The van der Waals surface area contributed by atoms with E-state index in [0.717, 1.165) is 11.8 Å². The Bertz CT molecular complexity index is 444. The van der Waals surface area contributed by atoms with Crippen LogP contribution in [-0.4, -0.2) is 20.7 Å². The zero-order valence-corrected chi connectivity index (χ0v) is 14.2. The predicted molar refractivity (Wildman–Crippen MR) is 88.2 cm³/mol. The van der Waals surface area contributed by atoms with E-state index in [9.17, 15) is 4.79 Å².